The third-order valence-electron chi connectivity index (χ3n) is 3.57. The molecule has 0 aliphatic carbocycles. The largest absolute Gasteiger partial charge is 0.363 e. The van der Waals surface area contributed by atoms with Gasteiger partial charge in [-0.05, 0) is 47.8 Å². The summed E-state index contributed by atoms with van der Waals surface area (Å²) in [7, 11) is 2.22. The normalized spacial score (nSPS) is 30.7. The van der Waals surface area contributed by atoms with Crippen LogP contribution in [0.2, 0.25) is 0 Å². The van der Waals surface area contributed by atoms with Crippen LogP contribution in [-0.4, -0.2) is 29.2 Å². The van der Waals surface area contributed by atoms with E-state index < -0.39 is 0 Å². The molecule has 80 valence electrons. The van der Waals surface area contributed by atoms with E-state index in [-0.39, 0.29) is 0 Å². The van der Waals surface area contributed by atoms with Gasteiger partial charge in [0.2, 0.25) is 0 Å². The maximum Gasteiger partial charge on any atom is 0.138 e. The van der Waals surface area contributed by atoms with E-state index in [2.05, 4.69) is 39.1 Å². The molecule has 2 bridgehead atoms. The topological polar surface area (TPSA) is 29.3 Å². The fourth-order valence-corrected chi connectivity index (χ4v) is 3.07. The number of hydrogen-bond acceptors (Lipinski definition) is 3. The smallest absolute Gasteiger partial charge is 0.138 e. The number of aromatic nitrogens is 1. The summed E-state index contributed by atoms with van der Waals surface area (Å²) >= 11 is 3.47. The summed E-state index contributed by atoms with van der Waals surface area (Å²) in [6, 6.07) is 1.29. The van der Waals surface area contributed by atoms with Gasteiger partial charge in [0.15, 0.2) is 0 Å². The Morgan fingerprint density at radius 1 is 1.53 bits per heavy atom. The van der Waals surface area contributed by atoms with Crippen molar-refractivity contribution < 1.29 is 4.52 Å². The zero-order chi connectivity index (χ0) is 10.4. The molecule has 15 heavy (non-hydrogen) atoms. The number of fused-ring (bicyclic) bond motifs is 2. The van der Waals surface area contributed by atoms with Crippen LogP contribution >= 0.6 is 15.9 Å². The predicted octanol–water partition coefficient (Wildman–Crippen LogP) is 2.69. The van der Waals surface area contributed by atoms with Gasteiger partial charge in [0.25, 0.3) is 0 Å². The third kappa shape index (κ3) is 1.47. The fraction of sp³-hybridized carbons (Fsp3) is 0.545. The molecule has 3 heterocycles. The van der Waals surface area contributed by atoms with E-state index in [9.17, 15) is 0 Å². The minimum Gasteiger partial charge on any atom is -0.363 e. The summed E-state index contributed by atoms with van der Waals surface area (Å²) in [5.41, 5.74) is 2.32. The highest BCUT2D eigenvalue weighted by Gasteiger charge is 2.34. The van der Waals surface area contributed by atoms with Crippen molar-refractivity contribution in [2.45, 2.75) is 31.3 Å². The summed E-state index contributed by atoms with van der Waals surface area (Å²) in [5, 5.41) is 4.05. The summed E-state index contributed by atoms with van der Waals surface area (Å²) in [5.74, 6) is 0. The van der Waals surface area contributed by atoms with Crippen LogP contribution < -0.4 is 0 Å². The third-order valence-corrected chi connectivity index (χ3v) is 4.14. The molecule has 2 aliphatic rings. The van der Waals surface area contributed by atoms with Crippen molar-refractivity contribution >= 4 is 21.5 Å². The van der Waals surface area contributed by atoms with E-state index in [1.165, 1.54) is 18.4 Å². The Balaban J connectivity index is 1.97. The average molecular weight is 269 g/mol. The lowest BCUT2D eigenvalue weighted by Crippen LogP contribution is -2.34. The van der Waals surface area contributed by atoms with Gasteiger partial charge >= 0.3 is 0 Å². The van der Waals surface area contributed by atoms with E-state index in [1.807, 2.05) is 0 Å². The lowest BCUT2D eigenvalue weighted by atomic mass is 9.99. The quantitative estimate of drug-likeness (QED) is 0.785. The molecule has 0 N–H and O–H groups in total. The van der Waals surface area contributed by atoms with Gasteiger partial charge in [0.05, 0.1) is 4.47 Å². The van der Waals surface area contributed by atoms with Crippen molar-refractivity contribution in [2.75, 3.05) is 7.05 Å². The molecule has 0 aromatic carbocycles. The summed E-state index contributed by atoms with van der Waals surface area (Å²) in [6.07, 6.45) is 7.66. The minimum absolute atomic E-state index is 0.599. The van der Waals surface area contributed by atoms with E-state index in [4.69, 9.17) is 4.52 Å². The molecule has 0 saturated carbocycles. The standard InChI is InChI=1S/C11H13BrN2O/c1-14-8-2-3-9(14)5-7(4-8)11-10(12)6-15-13-11/h4,6,8-9H,2-3,5H2,1H3. The monoisotopic (exact) mass is 268 g/mol. The first-order chi connectivity index (χ1) is 7.25. The summed E-state index contributed by atoms with van der Waals surface area (Å²) in [4.78, 5) is 2.47. The molecule has 1 aromatic heterocycles. The molecule has 0 spiro atoms. The van der Waals surface area contributed by atoms with E-state index >= 15 is 0 Å². The predicted molar refractivity (Wildman–Crippen MR) is 61.4 cm³/mol. The minimum atomic E-state index is 0.599. The zero-order valence-electron chi connectivity index (χ0n) is 8.61. The maximum atomic E-state index is 4.96. The van der Waals surface area contributed by atoms with Gasteiger partial charge in [0, 0.05) is 12.1 Å². The van der Waals surface area contributed by atoms with Gasteiger partial charge in [-0.1, -0.05) is 11.2 Å². The Morgan fingerprint density at radius 3 is 3.07 bits per heavy atom. The van der Waals surface area contributed by atoms with Crippen molar-refractivity contribution in [3.05, 3.63) is 22.5 Å². The molecule has 2 unspecified atom stereocenters. The molecular formula is C11H13BrN2O. The lowest BCUT2D eigenvalue weighted by molar-refractivity contribution is 0.264. The number of nitrogens with zero attached hydrogens (tertiary/aromatic N) is 2. The highest BCUT2D eigenvalue weighted by molar-refractivity contribution is 9.10. The van der Waals surface area contributed by atoms with Crippen molar-refractivity contribution in [3.8, 4) is 0 Å². The van der Waals surface area contributed by atoms with Crippen LogP contribution in [0.4, 0.5) is 0 Å². The van der Waals surface area contributed by atoms with Crippen molar-refractivity contribution in [3.63, 3.8) is 0 Å². The molecule has 1 saturated heterocycles. The number of likely N-dealkylation sites (N-methyl/N-ethyl adjacent to an activating group) is 1. The van der Waals surface area contributed by atoms with Gasteiger partial charge in [0.1, 0.15) is 12.0 Å². The zero-order valence-corrected chi connectivity index (χ0v) is 10.2. The van der Waals surface area contributed by atoms with Crippen LogP contribution in [0.5, 0.6) is 0 Å². The van der Waals surface area contributed by atoms with Crippen LogP contribution in [0.25, 0.3) is 5.57 Å². The Morgan fingerprint density at radius 2 is 2.40 bits per heavy atom. The molecule has 2 atom stereocenters. The molecule has 3 nitrogen and oxygen atoms in total. The highest BCUT2D eigenvalue weighted by Crippen LogP contribution is 2.38. The number of hydrogen-bond donors (Lipinski definition) is 0. The van der Waals surface area contributed by atoms with Crippen LogP contribution in [0.15, 0.2) is 21.3 Å². The number of halogens is 1. The average Bonchev–Trinajstić information content (AvgIpc) is 2.70. The summed E-state index contributed by atoms with van der Waals surface area (Å²) < 4.78 is 5.94. The van der Waals surface area contributed by atoms with Gasteiger partial charge < -0.3 is 4.52 Å². The second-order valence-corrected chi connectivity index (χ2v) is 5.23. The van der Waals surface area contributed by atoms with Gasteiger partial charge in [-0.3, -0.25) is 4.90 Å². The Bertz CT molecular complexity index is 412. The molecule has 1 fully saturated rings. The number of rotatable bonds is 1. The molecule has 0 amide bonds. The second kappa shape index (κ2) is 3.46. The lowest BCUT2D eigenvalue weighted by Gasteiger charge is -2.29. The van der Waals surface area contributed by atoms with Gasteiger partial charge in [-0.15, -0.1) is 0 Å². The fourth-order valence-electron chi connectivity index (χ4n) is 2.65. The summed E-state index contributed by atoms with van der Waals surface area (Å²) in [6.45, 7) is 0. The van der Waals surface area contributed by atoms with Gasteiger partial charge in [-0.2, -0.15) is 0 Å². The second-order valence-electron chi connectivity index (χ2n) is 4.37. The first-order valence-corrected chi connectivity index (χ1v) is 6.08. The molecule has 4 heteroatoms. The van der Waals surface area contributed by atoms with Crippen molar-refractivity contribution in [1.82, 2.24) is 10.1 Å². The molecule has 2 aliphatic heterocycles. The Labute approximate surface area is 97.2 Å². The molecular weight excluding hydrogens is 256 g/mol. The van der Waals surface area contributed by atoms with E-state index in [0.717, 1.165) is 16.6 Å². The molecule has 0 radical (unpaired) electrons. The SMILES string of the molecule is CN1C2C=C(c3nocc3Br)CC1CC2. The van der Waals surface area contributed by atoms with E-state index in [1.54, 1.807) is 6.26 Å². The first-order valence-electron chi connectivity index (χ1n) is 5.28. The molecule has 3 rings (SSSR count). The maximum absolute atomic E-state index is 4.96. The van der Waals surface area contributed by atoms with Crippen LogP contribution in [-0.2, 0) is 0 Å². The van der Waals surface area contributed by atoms with Gasteiger partial charge in [-0.25, -0.2) is 0 Å². The van der Waals surface area contributed by atoms with Crippen molar-refractivity contribution in [2.24, 2.45) is 0 Å². The highest BCUT2D eigenvalue weighted by atomic mass is 79.9. The van der Waals surface area contributed by atoms with E-state index in [0.29, 0.717) is 12.1 Å². The van der Waals surface area contributed by atoms with Crippen molar-refractivity contribution in [1.29, 1.82) is 0 Å². The van der Waals surface area contributed by atoms with Crippen LogP contribution in [0, 0.1) is 0 Å². The Hall–Kier alpha value is -0.610. The molecule has 1 aromatic rings. The van der Waals surface area contributed by atoms with Crippen LogP contribution in [0.1, 0.15) is 25.0 Å². The Kier molecular flexibility index (Phi) is 2.21. The van der Waals surface area contributed by atoms with Crippen LogP contribution in [0.3, 0.4) is 0 Å². The first kappa shape index (κ1) is 9.60.